The van der Waals surface area contributed by atoms with Crippen molar-refractivity contribution in [3.8, 4) is 0 Å². The maximum Gasteiger partial charge on any atom is 0.226 e. The monoisotopic (exact) mass is 361 g/mol. The summed E-state index contributed by atoms with van der Waals surface area (Å²) < 4.78 is 5.42. The molecule has 1 unspecified atom stereocenters. The first-order chi connectivity index (χ1) is 12.0. The molecule has 0 bridgehead atoms. The lowest BCUT2D eigenvalue weighted by atomic mass is 9.94. The van der Waals surface area contributed by atoms with E-state index in [0.717, 1.165) is 48.9 Å². The van der Waals surface area contributed by atoms with Crippen LogP contribution in [0.25, 0.3) is 0 Å². The predicted octanol–water partition coefficient (Wildman–Crippen LogP) is 3.78. The van der Waals surface area contributed by atoms with Gasteiger partial charge in [0, 0.05) is 17.8 Å². The van der Waals surface area contributed by atoms with Crippen LogP contribution in [0.15, 0.2) is 22.8 Å². The second-order valence-corrected chi connectivity index (χ2v) is 8.34. The van der Waals surface area contributed by atoms with Crippen LogP contribution in [-0.4, -0.2) is 40.8 Å². The lowest BCUT2D eigenvalue weighted by molar-refractivity contribution is -0.137. The van der Waals surface area contributed by atoms with Crippen LogP contribution in [0.4, 0.5) is 0 Å². The van der Waals surface area contributed by atoms with Crippen molar-refractivity contribution in [3.63, 3.8) is 0 Å². The number of piperidine rings is 1. The third kappa shape index (κ3) is 4.12. The van der Waals surface area contributed by atoms with Crippen molar-refractivity contribution < 1.29 is 9.21 Å². The lowest BCUT2D eigenvalue weighted by Gasteiger charge is -2.34. The van der Waals surface area contributed by atoms with Gasteiger partial charge in [0.2, 0.25) is 5.91 Å². The van der Waals surface area contributed by atoms with Crippen molar-refractivity contribution in [3.05, 3.63) is 39.7 Å². The van der Waals surface area contributed by atoms with Crippen molar-refractivity contribution in [2.75, 3.05) is 20.1 Å². The minimum Gasteiger partial charge on any atom is -0.468 e. The van der Waals surface area contributed by atoms with Gasteiger partial charge in [0.1, 0.15) is 5.76 Å². The summed E-state index contributed by atoms with van der Waals surface area (Å²) in [4.78, 5) is 23.0. The lowest BCUT2D eigenvalue weighted by Crippen LogP contribution is -2.41. The Balaban J connectivity index is 1.55. The van der Waals surface area contributed by atoms with Crippen molar-refractivity contribution in [1.82, 2.24) is 14.8 Å². The third-order valence-electron chi connectivity index (χ3n) is 5.16. The smallest absolute Gasteiger partial charge is 0.226 e. The number of amides is 1. The highest BCUT2D eigenvalue weighted by molar-refractivity contribution is 7.11. The number of thiazole rings is 1. The van der Waals surface area contributed by atoms with E-state index in [0.29, 0.717) is 0 Å². The Bertz CT molecular complexity index is 702. The molecular weight excluding hydrogens is 334 g/mol. The van der Waals surface area contributed by atoms with Gasteiger partial charge in [0.05, 0.1) is 29.6 Å². The van der Waals surface area contributed by atoms with E-state index >= 15 is 0 Å². The number of likely N-dealkylation sites (tertiary alicyclic amines) is 1. The number of furan rings is 1. The van der Waals surface area contributed by atoms with E-state index in [4.69, 9.17) is 4.42 Å². The maximum atomic E-state index is 12.9. The quantitative estimate of drug-likeness (QED) is 0.813. The van der Waals surface area contributed by atoms with E-state index in [1.807, 2.05) is 31.0 Å². The van der Waals surface area contributed by atoms with Crippen LogP contribution in [0, 0.1) is 19.8 Å². The van der Waals surface area contributed by atoms with Gasteiger partial charge in [-0.15, -0.1) is 11.3 Å². The van der Waals surface area contributed by atoms with E-state index in [1.165, 1.54) is 4.88 Å². The molecule has 1 atom stereocenters. The molecule has 3 rings (SSSR count). The molecule has 25 heavy (non-hydrogen) atoms. The Morgan fingerprint density at radius 2 is 2.16 bits per heavy atom. The summed E-state index contributed by atoms with van der Waals surface area (Å²) in [5.41, 5.74) is 1.04. The maximum absolute atomic E-state index is 12.9. The molecule has 0 aliphatic carbocycles. The highest BCUT2D eigenvalue weighted by Crippen LogP contribution is 2.29. The molecule has 3 heterocycles. The van der Waals surface area contributed by atoms with Gasteiger partial charge in [-0.2, -0.15) is 0 Å². The molecule has 1 saturated heterocycles. The van der Waals surface area contributed by atoms with Crippen LogP contribution in [0.5, 0.6) is 0 Å². The number of hydrogen-bond donors (Lipinski definition) is 0. The molecule has 5 nitrogen and oxygen atoms in total. The van der Waals surface area contributed by atoms with Crippen LogP contribution < -0.4 is 0 Å². The van der Waals surface area contributed by atoms with Crippen LogP contribution in [0.2, 0.25) is 0 Å². The Labute approximate surface area is 153 Å². The largest absolute Gasteiger partial charge is 0.468 e. The number of hydrogen-bond acceptors (Lipinski definition) is 5. The van der Waals surface area contributed by atoms with Gasteiger partial charge in [0.25, 0.3) is 0 Å². The minimum absolute atomic E-state index is 0.0265. The zero-order chi connectivity index (χ0) is 18.0. The Kier molecular flexibility index (Phi) is 5.59. The number of aryl methyl sites for hydroxylation is 2. The fraction of sp³-hybridized carbons (Fsp3) is 0.579. The van der Waals surface area contributed by atoms with Gasteiger partial charge in [-0.25, -0.2) is 4.98 Å². The predicted molar refractivity (Wildman–Crippen MR) is 99.5 cm³/mol. The number of aromatic nitrogens is 1. The van der Waals surface area contributed by atoms with E-state index in [1.54, 1.807) is 17.6 Å². The minimum atomic E-state index is 0.0265. The molecule has 1 amide bonds. The van der Waals surface area contributed by atoms with Crippen LogP contribution >= 0.6 is 11.3 Å². The summed E-state index contributed by atoms with van der Waals surface area (Å²) >= 11 is 1.70. The number of nitrogens with zero attached hydrogens (tertiary/aromatic N) is 3. The van der Waals surface area contributed by atoms with E-state index in [2.05, 4.69) is 23.7 Å². The van der Waals surface area contributed by atoms with Gasteiger partial charge in [-0.05, 0) is 58.8 Å². The fourth-order valence-corrected chi connectivity index (χ4v) is 4.46. The highest BCUT2D eigenvalue weighted by atomic mass is 32.1. The standard InChI is InChI=1S/C19H27N3O2S/c1-13(18-14(2)25-15(3)20-18)21(4)19(23)16-7-9-22(10-8-16)12-17-6-5-11-24-17/h5-6,11,13,16H,7-10,12H2,1-4H3. The number of carbonyl (C=O) groups is 1. The molecule has 0 radical (unpaired) electrons. The molecule has 0 aromatic carbocycles. The molecule has 1 aliphatic heterocycles. The number of rotatable bonds is 5. The van der Waals surface area contributed by atoms with Crippen molar-refractivity contribution in [2.45, 2.75) is 46.2 Å². The molecule has 136 valence electrons. The molecule has 1 aliphatic rings. The topological polar surface area (TPSA) is 49.6 Å². The summed E-state index contributed by atoms with van der Waals surface area (Å²) in [5.74, 6) is 1.35. The third-order valence-corrected chi connectivity index (χ3v) is 6.06. The molecule has 6 heteroatoms. The molecule has 0 saturated carbocycles. The molecular formula is C19H27N3O2S. The Morgan fingerprint density at radius 3 is 2.72 bits per heavy atom. The van der Waals surface area contributed by atoms with Crippen molar-refractivity contribution >= 4 is 17.2 Å². The summed E-state index contributed by atoms with van der Waals surface area (Å²) in [5, 5.41) is 1.06. The van der Waals surface area contributed by atoms with Gasteiger partial charge in [-0.1, -0.05) is 0 Å². The molecule has 2 aromatic heterocycles. The SMILES string of the molecule is Cc1nc(C(C)N(C)C(=O)C2CCN(Cc3ccco3)CC2)c(C)s1. The van der Waals surface area contributed by atoms with Crippen molar-refractivity contribution in [2.24, 2.45) is 5.92 Å². The first kappa shape index (κ1) is 18.1. The van der Waals surface area contributed by atoms with Crippen molar-refractivity contribution in [1.29, 1.82) is 0 Å². The summed E-state index contributed by atoms with van der Waals surface area (Å²) in [6.07, 6.45) is 3.53. The zero-order valence-electron chi connectivity index (χ0n) is 15.5. The zero-order valence-corrected chi connectivity index (χ0v) is 16.3. The van der Waals surface area contributed by atoms with Crippen LogP contribution in [-0.2, 0) is 11.3 Å². The fourth-order valence-electron chi connectivity index (χ4n) is 3.56. The summed E-state index contributed by atoms with van der Waals surface area (Å²) in [6, 6.07) is 3.95. The van der Waals surface area contributed by atoms with Gasteiger partial charge in [0.15, 0.2) is 0 Å². The molecule has 2 aromatic rings. The Hall–Kier alpha value is -1.66. The summed E-state index contributed by atoms with van der Waals surface area (Å²) in [6.45, 7) is 8.89. The average Bonchev–Trinajstić information content (AvgIpc) is 3.22. The normalized spacial score (nSPS) is 17.6. The second-order valence-electron chi connectivity index (χ2n) is 6.93. The van der Waals surface area contributed by atoms with Crippen LogP contribution in [0.1, 0.15) is 47.1 Å². The summed E-state index contributed by atoms with van der Waals surface area (Å²) in [7, 11) is 1.91. The Morgan fingerprint density at radius 1 is 1.44 bits per heavy atom. The molecule has 0 spiro atoms. The van der Waals surface area contributed by atoms with Gasteiger partial charge < -0.3 is 9.32 Å². The van der Waals surface area contributed by atoms with E-state index < -0.39 is 0 Å². The first-order valence-corrected chi connectivity index (χ1v) is 9.72. The first-order valence-electron chi connectivity index (χ1n) is 8.91. The average molecular weight is 362 g/mol. The van der Waals surface area contributed by atoms with Gasteiger partial charge in [-0.3, -0.25) is 9.69 Å². The number of carbonyl (C=O) groups excluding carboxylic acids is 1. The molecule has 0 N–H and O–H groups in total. The highest BCUT2D eigenvalue weighted by Gasteiger charge is 2.30. The van der Waals surface area contributed by atoms with Crippen LogP contribution in [0.3, 0.4) is 0 Å². The van der Waals surface area contributed by atoms with E-state index in [-0.39, 0.29) is 17.9 Å². The second kappa shape index (κ2) is 7.70. The molecule has 1 fully saturated rings. The van der Waals surface area contributed by atoms with Gasteiger partial charge >= 0.3 is 0 Å². The van der Waals surface area contributed by atoms with E-state index in [9.17, 15) is 4.79 Å².